The van der Waals surface area contributed by atoms with Crippen LogP contribution in [-0.2, 0) is 16.4 Å². The summed E-state index contributed by atoms with van der Waals surface area (Å²) < 4.78 is 29.0. The quantitative estimate of drug-likeness (QED) is 0.380. The van der Waals surface area contributed by atoms with Gasteiger partial charge < -0.3 is 10.6 Å². The van der Waals surface area contributed by atoms with Crippen LogP contribution in [0.4, 0.5) is 5.69 Å². The van der Waals surface area contributed by atoms with Crippen molar-refractivity contribution < 1.29 is 18.0 Å². The maximum Gasteiger partial charge on any atom is 0.255 e. The van der Waals surface area contributed by atoms with Crippen LogP contribution in [-0.4, -0.2) is 44.7 Å². The smallest absolute Gasteiger partial charge is 0.255 e. The number of nitrogens with one attached hydrogen (secondary N) is 2. The van der Waals surface area contributed by atoms with Gasteiger partial charge in [0.2, 0.25) is 10.0 Å². The highest BCUT2D eigenvalue weighted by Crippen LogP contribution is 2.30. The van der Waals surface area contributed by atoms with Gasteiger partial charge in [0, 0.05) is 41.4 Å². The lowest BCUT2D eigenvalue weighted by Crippen LogP contribution is -2.39. The highest BCUT2D eigenvalue weighted by Gasteiger charge is 2.31. The van der Waals surface area contributed by atoms with E-state index in [2.05, 4.69) is 38.7 Å². The molecule has 2 N–H and O–H groups in total. The normalized spacial score (nSPS) is 14.8. The number of hydrogen-bond acceptors (Lipinski definition) is 4. The van der Waals surface area contributed by atoms with E-state index in [9.17, 15) is 18.0 Å². The first-order chi connectivity index (χ1) is 17.7. The first kappa shape index (κ1) is 27.3. The van der Waals surface area contributed by atoms with Crippen molar-refractivity contribution in [1.29, 1.82) is 0 Å². The topological polar surface area (TPSA) is 95.6 Å². The molecule has 2 amide bonds. The molecular weight excluding hydrogens is 578 g/mol. The number of carbonyl (C=O) groups excluding carboxylic acids is 2. The van der Waals surface area contributed by atoms with Crippen molar-refractivity contribution in [3.63, 3.8) is 0 Å². The van der Waals surface area contributed by atoms with Gasteiger partial charge in [0.25, 0.3) is 11.8 Å². The van der Waals surface area contributed by atoms with Crippen LogP contribution < -0.4 is 10.6 Å². The van der Waals surface area contributed by atoms with E-state index >= 15 is 0 Å². The molecule has 0 aliphatic carbocycles. The Bertz CT molecular complexity index is 1410. The van der Waals surface area contributed by atoms with E-state index in [1.54, 1.807) is 12.1 Å². The average Bonchev–Trinajstić information content (AvgIpc) is 2.89. The number of amides is 2. The predicted octanol–water partition coefficient (Wildman–Crippen LogP) is 5.36. The molecular formula is C27H27BrClN3O4S. The molecule has 1 fully saturated rings. The molecule has 3 aromatic rings. The molecule has 0 spiro atoms. The van der Waals surface area contributed by atoms with Crippen molar-refractivity contribution in [2.24, 2.45) is 5.92 Å². The lowest BCUT2D eigenvalue weighted by Gasteiger charge is -2.31. The maximum atomic E-state index is 13.5. The SMILES string of the molecule is CNC(=O)c1cc(Br)cc(NC(=O)c2ccc(Cl)c(S(=O)(=O)N3CCC(Cc4ccccc4)CC3)c2)c1. The minimum atomic E-state index is -3.88. The Labute approximate surface area is 230 Å². The van der Waals surface area contributed by atoms with Gasteiger partial charge >= 0.3 is 0 Å². The van der Waals surface area contributed by atoms with Gasteiger partial charge in [-0.25, -0.2) is 8.42 Å². The van der Waals surface area contributed by atoms with Crippen molar-refractivity contribution in [3.05, 3.63) is 92.9 Å². The summed E-state index contributed by atoms with van der Waals surface area (Å²) in [4.78, 5) is 24.9. The molecule has 37 heavy (non-hydrogen) atoms. The van der Waals surface area contributed by atoms with Gasteiger partial charge in [-0.2, -0.15) is 4.31 Å². The van der Waals surface area contributed by atoms with Crippen molar-refractivity contribution in [3.8, 4) is 0 Å². The second kappa shape index (κ2) is 11.8. The number of rotatable bonds is 7. The van der Waals surface area contributed by atoms with E-state index in [4.69, 9.17) is 11.6 Å². The predicted molar refractivity (Wildman–Crippen MR) is 149 cm³/mol. The number of benzene rings is 3. The van der Waals surface area contributed by atoms with Gasteiger partial charge in [0.15, 0.2) is 0 Å². The van der Waals surface area contributed by atoms with E-state index < -0.39 is 15.9 Å². The van der Waals surface area contributed by atoms with E-state index in [0.29, 0.717) is 34.7 Å². The Morgan fingerprint density at radius 2 is 1.68 bits per heavy atom. The molecule has 1 saturated heterocycles. The Morgan fingerprint density at radius 1 is 0.973 bits per heavy atom. The number of halogens is 2. The van der Waals surface area contributed by atoms with Crippen LogP contribution in [0, 0.1) is 5.92 Å². The average molecular weight is 605 g/mol. The second-order valence-electron chi connectivity index (χ2n) is 8.94. The van der Waals surface area contributed by atoms with Crippen LogP contribution in [0.2, 0.25) is 5.02 Å². The minimum absolute atomic E-state index is 0.0623. The first-order valence-electron chi connectivity index (χ1n) is 11.8. The van der Waals surface area contributed by atoms with Crippen molar-refractivity contribution in [2.45, 2.75) is 24.2 Å². The summed E-state index contributed by atoms with van der Waals surface area (Å²) in [7, 11) is -2.37. The summed E-state index contributed by atoms with van der Waals surface area (Å²) in [5.74, 6) is -0.411. The summed E-state index contributed by atoms with van der Waals surface area (Å²) >= 11 is 9.64. The molecule has 1 aliphatic rings. The van der Waals surface area contributed by atoms with E-state index in [1.165, 1.54) is 41.2 Å². The number of hydrogen-bond donors (Lipinski definition) is 2. The van der Waals surface area contributed by atoms with E-state index in [-0.39, 0.29) is 21.4 Å². The Balaban J connectivity index is 1.48. The Hall–Kier alpha value is -2.72. The van der Waals surface area contributed by atoms with Gasteiger partial charge in [0.1, 0.15) is 4.90 Å². The highest BCUT2D eigenvalue weighted by molar-refractivity contribution is 9.10. The Morgan fingerprint density at radius 3 is 2.35 bits per heavy atom. The highest BCUT2D eigenvalue weighted by atomic mass is 79.9. The third kappa shape index (κ3) is 6.59. The maximum absolute atomic E-state index is 13.5. The molecule has 0 unspecified atom stereocenters. The molecule has 0 saturated carbocycles. The fourth-order valence-electron chi connectivity index (χ4n) is 4.42. The van der Waals surface area contributed by atoms with Gasteiger partial charge in [-0.05, 0) is 67.1 Å². The fourth-order valence-corrected chi connectivity index (χ4v) is 6.89. The number of anilines is 1. The first-order valence-corrected chi connectivity index (χ1v) is 14.5. The number of piperidine rings is 1. The van der Waals surface area contributed by atoms with Gasteiger partial charge in [-0.3, -0.25) is 9.59 Å². The molecule has 0 bridgehead atoms. The third-order valence-electron chi connectivity index (χ3n) is 6.40. The van der Waals surface area contributed by atoms with Gasteiger partial charge in [-0.1, -0.05) is 57.9 Å². The largest absolute Gasteiger partial charge is 0.355 e. The van der Waals surface area contributed by atoms with Crippen LogP contribution in [0.5, 0.6) is 0 Å². The van der Waals surface area contributed by atoms with Crippen LogP contribution in [0.1, 0.15) is 39.1 Å². The molecule has 10 heteroatoms. The minimum Gasteiger partial charge on any atom is -0.355 e. The summed E-state index contributed by atoms with van der Waals surface area (Å²) in [6, 6.07) is 19.2. The zero-order chi connectivity index (χ0) is 26.6. The zero-order valence-electron chi connectivity index (χ0n) is 20.2. The molecule has 1 heterocycles. The van der Waals surface area contributed by atoms with Crippen molar-refractivity contribution in [1.82, 2.24) is 9.62 Å². The van der Waals surface area contributed by atoms with Crippen LogP contribution in [0.25, 0.3) is 0 Å². The standard InChI is InChI=1S/C27H27BrClN3O4S/c1-30-26(33)21-14-22(28)17-23(15-21)31-27(34)20-7-8-24(29)25(16-20)37(35,36)32-11-9-19(10-12-32)13-18-5-3-2-4-6-18/h2-8,14-17,19H,9-13H2,1H3,(H,30,33)(H,31,34). The summed E-state index contributed by atoms with van der Waals surface area (Å²) in [6.45, 7) is 0.791. The lowest BCUT2D eigenvalue weighted by molar-refractivity contribution is 0.0961. The summed E-state index contributed by atoms with van der Waals surface area (Å²) in [5, 5.41) is 5.33. The monoisotopic (exact) mass is 603 g/mol. The summed E-state index contributed by atoms with van der Waals surface area (Å²) in [6.07, 6.45) is 2.42. The van der Waals surface area contributed by atoms with Crippen molar-refractivity contribution in [2.75, 3.05) is 25.5 Å². The molecule has 4 rings (SSSR count). The van der Waals surface area contributed by atoms with E-state index in [1.807, 2.05) is 18.2 Å². The second-order valence-corrected chi connectivity index (χ2v) is 12.2. The number of nitrogens with zero attached hydrogens (tertiary/aromatic N) is 1. The fraction of sp³-hybridized carbons (Fsp3) is 0.259. The molecule has 7 nitrogen and oxygen atoms in total. The molecule has 0 atom stereocenters. The van der Waals surface area contributed by atoms with E-state index in [0.717, 1.165) is 19.3 Å². The molecule has 0 radical (unpaired) electrons. The molecule has 0 aromatic heterocycles. The van der Waals surface area contributed by atoms with Crippen LogP contribution >= 0.6 is 27.5 Å². The lowest BCUT2D eigenvalue weighted by atomic mass is 9.91. The van der Waals surface area contributed by atoms with Crippen molar-refractivity contribution >= 4 is 55.1 Å². The number of sulfonamides is 1. The third-order valence-corrected chi connectivity index (χ3v) is 9.23. The zero-order valence-corrected chi connectivity index (χ0v) is 23.4. The molecule has 194 valence electrons. The Kier molecular flexibility index (Phi) is 8.69. The van der Waals surface area contributed by atoms with Crippen LogP contribution in [0.15, 0.2) is 76.1 Å². The number of carbonyl (C=O) groups is 2. The molecule has 1 aliphatic heterocycles. The van der Waals surface area contributed by atoms with Gasteiger partial charge in [-0.15, -0.1) is 0 Å². The van der Waals surface area contributed by atoms with Gasteiger partial charge in [0.05, 0.1) is 5.02 Å². The summed E-state index contributed by atoms with van der Waals surface area (Å²) in [5.41, 5.74) is 2.14. The molecule has 3 aromatic carbocycles. The van der Waals surface area contributed by atoms with Crippen LogP contribution in [0.3, 0.4) is 0 Å².